The second-order valence-electron chi connectivity index (χ2n) is 6.39. The minimum Gasteiger partial charge on any atom is -0.325 e. The molecule has 0 aliphatic rings. The van der Waals surface area contributed by atoms with Crippen LogP contribution in [0.4, 0.5) is 11.6 Å². The first-order valence-electron chi connectivity index (χ1n) is 8.56. The van der Waals surface area contributed by atoms with Crippen LogP contribution in [0.1, 0.15) is 16.3 Å². The molecule has 8 heteroatoms. The van der Waals surface area contributed by atoms with E-state index in [0.717, 1.165) is 26.5 Å². The number of halogens is 2. The van der Waals surface area contributed by atoms with Gasteiger partial charge in [-0.05, 0) is 65.7 Å². The molecule has 5 nitrogen and oxygen atoms in total. The number of hydrogen-bond donors (Lipinski definition) is 1. The van der Waals surface area contributed by atoms with Crippen molar-refractivity contribution in [1.82, 2.24) is 14.5 Å². The monoisotopic (exact) mass is 474 g/mol. The summed E-state index contributed by atoms with van der Waals surface area (Å²) in [5, 5.41) is 4.97. The minimum atomic E-state index is -0.139. The normalized spacial score (nSPS) is 11.1. The van der Waals surface area contributed by atoms with Crippen LogP contribution in [0.15, 0.2) is 51.7 Å². The standard InChI is InChI=1S/C20H16BrClN4OS/c1-11-18(21)19(27)26(10-13-3-5-14(22)6-4-13)20(23-11)25-15-7-8-16-17(9-15)28-12(2)24-16/h3-9H,10H2,1-2H3,(H,23,25). The summed E-state index contributed by atoms with van der Waals surface area (Å²) in [6, 6.07) is 13.4. The molecule has 0 amide bonds. The topological polar surface area (TPSA) is 59.8 Å². The average molecular weight is 476 g/mol. The zero-order chi connectivity index (χ0) is 19.8. The maximum Gasteiger partial charge on any atom is 0.269 e. The maximum absolute atomic E-state index is 12.9. The fourth-order valence-electron chi connectivity index (χ4n) is 2.90. The van der Waals surface area contributed by atoms with Crippen molar-refractivity contribution in [3.63, 3.8) is 0 Å². The maximum atomic E-state index is 12.9. The quantitative estimate of drug-likeness (QED) is 0.413. The number of nitrogens with one attached hydrogen (secondary N) is 1. The second kappa shape index (κ2) is 7.66. The van der Waals surface area contributed by atoms with Gasteiger partial charge in [-0.3, -0.25) is 9.36 Å². The SMILES string of the molecule is Cc1nc2ccc(Nc3nc(C)c(Br)c(=O)n3Cc3ccc(Cl)cc3)cc2s1. The lowest BCUT2D eigenvalue weighted by molar-refractivity contribution is 0.737. The Morgan fingerprint density at radius 1 is 1.14 bits per heavy atom. The summed E-state index contributed by atoms with van der Waals surface area (Å²) in [5.41, 5.74) is 3.27. The van der Waals surface area contributed by atoms with Crippen molar-refractivity contribution in [3.8, 4) is 0 Å². The highest BCUT2D eigenvalue weighted by Gasteiger charge is 2.14. The number of fused-ring (bicyclic) bond motifs is 1. The fraction of sp³-hybridized carbons (Fsp3) is 0.150. The van der Waals surface area contributed by atoms with Crippen molar-refractivity contribution >= 4 is 60.7 Å². The number of aryl methyl sites for hydroxylation is 2. The Balaban J connectivity index is 1.75. The summed E-state index contributed by atoms with van der Waals surface area (Å²) in [7, 11) is 0. The highest BCUT2D eigenvalue weighted by Crippen LogP contribution is 2.26. The third-order valence-corrected chi connectivity index (χ3v) is 6.38. The smallest absolute Gasteiger partial charge is 0.269 e. The Morgan fingerprint density at radius 2 is 1.89 bits per heavy atom. The molecule has 0 fully saturated rings. The van der Waals surface area contributed by atoms with Crippen LogP contribution >= 0.6 is 38.9 Å². The molecule has 0 radical (unpaired) electrons. The van der Waals surface area contributed by atoms with Gasteiger partial charge in [0.05, 0.1) is 27.5 Å². The van der Waals surface area contributed by atoms with Crippen molar-refractivity contribution < 1.29 is 0 Å². The van der Waals surface area contributed by atoms with E-state index >= 15 is 0 Å². The molecule has 0 unspecified atom stereocenters. The van der Waals surface area contributed by atoms with Crippen LogP contribution in [0.2, 0.25) is 5.02 Å². The van der Waals surface area contributed by atoms with Crippen LogP contribution < -0.4 is 10.9 Å². The molecule has 1 N–H and O–H groups in total. The summed E-state index contributed by atoms with van der Waals surface area (Å²) < 4.78 is 3.16. The van der Waals surface area contributed by atoms with Crippen molar-refractivity contribution in [2.75, 3.05) is 5.32 Å². The largest absolute Gasteiger partial charge is 0.325 e. The van der Waals surface area contributed by atoms with Gasteiger partial charge >= 0.3 is 0 Å². The number of aromatic nitrogens is 3. The van der Waals surface area contributed by atoms with E-state index in [9.17, 15) is 4.79 Å². The number of rotatable bonds is 4. The van der Waals surface area contributed by atoms with Gasteiger partial charge in [-0.15, -0.1) is 11.3 Å². The minimum absolute atomic E-state index is 0.139. The summed E-state index contributed by atoms with van der Waals surface area (Å²) in [5.74, 6) is 0.487. The molecule has 142 valence electrons. The predicted octanol–water partition coefficient (Wildman–Crippen LogP) is 5.68. The van der Waals surface area contributed by atoms with E-state index in [1.165, 1.54) is 0 Å². The van der Waals surface area contributed by atoms with E-state index in [0.29, 0.717) is 27.7 Å². The van der Waals surface area contributed by atoms with Gasteiger partial charge in [-0.2, -0.15) is 0 Å². The van der Waals surface area contributed by atoms with Gasteiger partial charge in [0, 0.05) is 10.7 Å². The lowest BCUT2D eigenvalue weighted by Crippen LogP contribution is -2.26. The summed E-state index contributed by atoms with van der Waals surface area (Å²) in [6.07, 6.45) is 0. The van der Waals surface area contributed by atoms with Crippen LogP contribution in [0.5, 0.6) is 0 Å². The molecular weight excluding hydrogens is 460 g/mol. The molecule has 0 saturated carbocycles. The van der Waals surface area contributed by atoms with Crippen LogP contribution in [0.3, 0.4) is 0 Å². The molecule has 0 spiro atoms. The molecule has 2 aromatic heterocycles. The summed E-state index contributed by atoms with van der Waals surface area (Å²) >= 11 is 11.0. The molecule has 2 aromatic carbocycles. The van der Waals surface area contributed by atoms with E-state index in [1.54, 1.807) is 22.8 Å². The summed E-state index contributed by atoms with van der Waals surface area (Å²) in [4.78, 5) is 22.0. The summed E-state index contributed by atoms with van der Waals surface area (Å²) in [6.45, 7) is 4.17. The van der Waals surface area contributed by atoms with E-state index in [1.807, 2.05) is 49.4 Å². The van der Waals surface area contributed by atoms with Gasteiger partial charge in [0.1, 0.15) is 4.47 Å². The van der Waals surface area contributed by atoms with Crippen LogP contribution in [0.25, 0.3) is 10.2 Å². The molecule has 0 aliphatic carbocycles. The Bertz CT molecular complexity index is 1230. The van der Waals surface area contributed by atoms with Crippen molar-refractivity contribution in [2.24, 2.45) is 0 Å². The Kier molecular flexibility index (Phi) is 5.23. The molecule has 0 atom stereocenters. The van der Waals surface area contributed by atoms with Crippen LogP contribution in [0, 0.1) is 13.8 Å². The number of anilines is 2. The predicted molar refractivity (Wildman–Crippen MR) is 119 cm³/mol. The molecule has 4 rings (SSSR count). The Morgan fingerprint density at radius 3 is 2.64 bits per heavy atom. The van der Waals surface area contributed by atoms with Gasteiger partial charge in [-0.1, -0.05) is 23.7 Å². The molecule has 0 bridgehead atoms. The zero-order valence-electron chi connectivity index (χ0n) is 15.2. The van der Waals surface area contributed by atoms with E-state index < -0.39 is 0 Å². The Labute approximate surface area is 179 Å². The molecule has 2 heterocycles. The first-order valence-corrected chi connectivity index (χ1v) is 10.5. The van der Waals surface area contributed by atoms with E-state index in [-0.39, 0.29) is 5.56 Å². The van der Waals surface area contributed by atoms with Gasteiger partial charge < -0.3 is 5.32 Å². The van der Waals surface area contributed by atoms with Crippen molar-refractivity contribution in [1.29, 1.82) is 0 Å². The van der Waals surface area contributed by atoms with E-state index in [4.69, 9.17) is 11.6 Å². The number of nitrogens with zero attached hydrogens (tertiary/aromatic N) is 3. The van der Waals surface area contributed by atoms with Crippen LogP contribution in [-0.4, -0.2) is 14.5 Å². The number of benzene rings is 2. The highest BCUT2D eigenvalue weighted by molar-refractivity contribution is 9.10. The third-order valence-electron chi connectivity index (χ3n) is 4.29. The molecule has 0 saturated heterocycles. The zero-order valence-corrected chi connectivity index (χ0v) is 18.3. The highest BCUT2D eigenvalue weighted by atomic mass is 79.9. The van der Waals surface area contributed by atoms with Gasteiger partial charge in [0.2, 0.25) is 5.95 Å². The van der Waals surface area contributed by atoms with Gasteiger partial charge in [-0.25, -0.2) is 9.97 Å². The third kappa shape index (κ3) is 3.83. The molecule has 28 heavy (non-hydrogen) atoms. The van der Waals surface area contributed by atoms with Crippen molar-refractivity contribution in [2.45, 2.75) is 20.4 Å². The molecule has 0 aliphatic heterocycles. The lowest BCUT2D eigenvalue weighted by atomic mass is 10.2. The fourth-order valence-corrected chi connectivity index (χ4v) is 4.19. The van der Waals surface area contributed by atoms with Gasteiger partial charge in [0.25, 0.3) is 5.56 Å². The molecule has 4 aromatic rings. The first kappa shape index (κ1) is 19.1. The second-order valence-corrected chi connectivity index (χ2v) is 8.86. The number of thiazole rings is 1. The number of hydrogen-bond acceptors (Lipinski definition) is 5. The average Bonchev–Trinajstić information content (AvgIpc) is 3.04. The van der Waals surface area contributed by atoms with Crippen molar-refractivity contribution in [3.05, 3.63) is 78.6 Å². The lowest BCUT2D eigenvalue weighted by Gasteiger charge is -2.15. The van der Waals surface area contributed by atoms with Gasteiger partial charge in [0.15, 0.2) is 0 Å². The molecular formula is C20H16BrClN4OS. The van der Waals surface area contributed by atoms with E-state index in [2.05, 4.69) is 31.2 Å². The first-order chi connectivity index (χ1) is 13.4. The van der Waals surface area contributed by atoms with Crippen LogP contribution in [-0.2, 0) is 6.54 Å². The Hall–Kier alpha value is -2.22.